The largest absolute Gasteiger partial charge is 0.433 e. The molecule has 1 aromatic heterocycles. The molecule has 0 unspecified atom stereocenters. The predicted octanol–water partition coefficient (Wildman–Crippen LogP) is 4.44. The topological polar surface area (TPSA) is 25.8 Å². The van der Waals surface area contributed by atoms with Gasteiger partial charge in [-0.15, -0.1) is 0 Å². The zero-order valence-electron chi connectivity index (χ0n) is 9.08. The second kappa shape index (κ2) is 5.34. The van der Waals surface area contributed by atoms with Gasteiger partial charge in [-0.05, 0) is 35.9 Å². The van der Waals surface area contributed by atoms with Gasteiger partial charge in [-0.3, -0.25) is 0 Å². The average Bonchev–Trinajstić information content (AvgIpc) is 2.30. The first-order valence-electron chi connectivity index (χ1n) is 4.90. The monoisotopic (exact) mass is 308 g/mol. The summed E-state index contributed by atoms with van der Waals surface area (Å²) in [4.78, 5) is 7.35. The minimum absolute atomic E-state index is 0.0407. The van der Waals surface area contributed by atoms with E-state index >= 15 is 0 Å². The van der Waals surface area contributed by atoms with E-state index in [2.05, 4.69) is 9.97 Å². The van der Waals surface area contributed by atoms with Crippen LogP contribution in [-0.4, -0.2) is 9.97 Å². The summed E-state index contributed by atoms with van der Waals surface area (Å²) in [5.74, 6) is -0.430. The number of hydrogen-bond acceptors (Lipinski definition) is 3. The minimum atomic E-state index is -4.59. The molecule has 0 aliphatic heterocycles. The van der Waals surface area contributed by atoms with Crippen LogP contribution in [0.5, 0.6) is 0 Å². The molecule has 2 nitrogen and oxygen atoms in total. The highest BCUT2D eigenvalue weighted by Gasteiger charge is 2.33. The van der Waals surface area contributed by atoms with Crippen molar-refractivity contribution in [2.45, 2.75) is 16.1 Å². The Hall–Kier alpha value is -1.34. The van der Waals surface area contributed by atoms with Crippen LogP contribution in [0, 0.1) is 5.82 Å². The number of rotatable bonds is 2. The molecule has 0 aliphatic carbocycles. The molecule has 0 aliphatic rings. The predicted molar refractivity (Wildman–Crippen MR) is 62.6 cm³/mol. The lowest BCUT2D eigenvalue weighted by molar-refractivity contribution is -0.141. The SMILES string of the molecule is Fc1ccc(Sc2cc(C(F)(F)F)nc(Cl)n2)cc1. The number of nitrogens with zero attached hydrogens (tertiary/aromatic N) is 2. The second-order valence-corrected chi connectivity index (χ2v) is 4.85. The molecule has 0 saturated carbocycles. The van der Waals surface area contributed by atoms with Crippen molar-refractivity contribution in [1.29, 1.82) is 0 Å². The van der Waals surface area contributed by atoms with Crippen molar-refractivity contribution in [3.05, 3.63) is 47.1 Å². The molecule has 0 radical (unpaired) electrons. The van der Waals surface area contributed by atoms with Crippen LogP contribution in [0.3, 0.4) is 0 Å². The lowest BCUT2D eigenvalue weighted by Gasteiger charge is -2.07. The van der Waals surface area contributed by atoms with Crippen molar-refractivity contribution >= 4 is 23.4 Å². The molecule has 0 spiro atoms. The Bertz CT molecular complexity index is 586. The van der Waals surface area contributed by atoms with E-state index in [1.807, 2.05) is 0 Å². The van der Waals surface area contributed by atoms with Gasteiger partial charge in [-0.25, -0.2) is 14.4 Å². The van der Waals surface area contributed by atoms with Crippen LogP contribution in [0.1, 0.15) is 5.69 Å². The van der Waals surface area contributed by atoms with Crippen LogP contribution in [0.15, 0.2) is 40.3 Å². The Morgan fingerprint density at radius 2 is 1.68 bits per heavy atom. The molecule has 0 bridgehead atoms. The Morgan fingerprint density at radius 1 is 1.05 bits per heavy atom. The van der Waals surface area contributed by atoms with Crippen LogP contribution < -0.4 is 0 Å². The summed E-state index contributed by atoms with van der Waals surface area (Å²) in [5.41, 5.74) is -1.11. The van der Waals surface area contributed by atoms with E-state index in [9.17, 15) is 17.6 Å². The smallest absolute Gasteiger partial charge is 0.213 e. The lowest BCUT2D eigenvalue weighted by atomic mass is 10.4. The fourth-order valence-electron chi connectivity index (χ4n) is 1.22. The van der Waals surface area contributed by atoms with E-state index in [1.165, 1.54) is 24.3 Å². The minimum Gasteiger partial charge on any atom is -0.213 e. The standard InChI is InChI=1S/C11H5ClF4N2S/c12-10-17-8(11(14,15)16)5-9(18-10)19-7-3-1-6(13)2-4-7/h1-5H. The van der Waals surface area contributed by atoms with Crippen LogP contribution in [0.25, 0.3) is 0 Å². The van der Waals surface area contributed by atoms with Crippen LogP contribution in [0.4, 0.5) is 17.6 Å². The van der Waals surface area contributed by atoms with E-state index in [0.29, 0.717) is 4.90 Å². The van der Waals surface area contributed by atoms with E-state index in [1.54, 1.807) is 0 Å². The third-order valence-electron chi connectivity index (χ3n) is 2.00. The summed E-state index contributed by atoms with van der Waals surface area (Å²) in [7, 11) is 0. The fourth-order valence-corrected chi connectivity index (χ4v) is 2.27. The number of alkyl halides is 3. The van der Waals surface area contributed by atoms with Gasteiger partial charge in [-0.1, -0.05) is 11.8 Å². The maximum absolute atomic E-state index is 12.7. The first-order valence-corrected chi connectivity index (χ1v) is 6.09. The lowest BCUT2D eigenvalue weighted by Crippen LogP contribution is -2.09. The van der Waals surface area contributed by atoms with Gasteiger partial charge in [0.25, 0.3) is 0 Å². The van der Waals surface area contributed by atoms with Crippen molar-refractivity contribution in [2.24, 2.45) is 0 Å². The van der Waals surface area contributed by atoms with Gasteiger partial charge in [0, 0.05) is 11.0 Å². The van der Waals surface area contributed by atoms with E-state index in [0.717, 1.165) is 17.8 Å². The third-order valence-corrected chi connectivity index (χ3v) is 3.10. The first-order chi connectivity index (χ1) is 8.84. The van der Waals surface area contributed by atoms with E-state index in [-0.39, 0.29) is 5.03 Å². The fraction of sp³-hybridized carbons (Fsp3) is 0.0909. The molecule has 0 amide bonds. The first kappa shape index (κ1) is 14.1. The quantitative estimate of drug-likeness (QED) is 0.466. The summed E-state index contributed by atoms with van der Waals surface area (Å²) in [6.45, 7) is 0. The molecule has 2 rings (SSSR count). The zero-order valence-corrected chi connectivity index (χ0v) is 10.7. The Balaban J connectivity index is 2.30. The van der Waals surface area contributed by atoms with Gasteiger partial charge in [0.1, 0.15) is 10.8 Å². The second-order valence-electron chi connectivity index (χ2n) is 3.41. The molecule has 1 aromatic carbocycles. The number of halogens is 5. The summed E-state index contributed by atoms with van der Waals surface area (Å²) in [5, 5.41) is -0.446. The molecule has 0 N–H and O–H groups in total. The van der Waals surface area contributed by atoms with Crippen molar-refractivity contribution in [2.75, 3.05) is 0 Å². The molecule has 1 heterocycles. The Labute approximate surface area is 114 Å². The van der Waals surface area contributed by atoms with Crippen LogP contribution >= 0.6 is 23.4 Å². The Kier molecular flexibility index (Phi) is 3.96. The average molecular weight is 309 g/mol. The maximum Gasteiger partial charge on any atom is 0.433 e. The zero-order chi connectivity index (χ0) is 14.0. The highest BCUT2D eigenvalue weighted by Crippen LogP contribution is 2.33. The van der Waals surface area contributed by atoms with Gasteiger partial charge < -0.3 is 0 Å². The summed E-state index contributed by atoms with van der Waals surface area (Å²) in [6, 6.07) is 6.07. The summed E-state index contributed by atoms with van der Waals surface area (Å²) in [6.07, 6.45) is -4.59. The number of aromatic nitrogens is 2. The maximum atomic E-state index is 12.7. The molecule has 8 heteroatoms. The van der Waals surface area contributed by atoms with Crippen molar-refractivity contribution in [3.8, 4) is 0 Å². The molecular formula is C11H5ClF4N2S. The van der Waals surface area contributed by atoms with E-state index < -0.39 is 23.0 Å². The molecule has 0 fully saturated rings. The van der Waals surface area contributed by atoms with Gasteiger partial charge in [0.15, 0.2) is 5.69 Å². The third kappa shape index (κ3) is 3.81. The van der Waals surface area contributed by atoms with Gasteiger partial charge in [-0.2, -0.15) is 13.2 Å². The Morgan fingerprint density at radius 3 is 2.26 bits per heavy atom. The van der Waals surface area contributed by atoms with Gasteiger partial charge in [0.2, 0.25) is 5.28 Å². The highest BCUT2D eigenvalue weighted by molar-refractivity contribution is 7.99. The van der Waals surface area contributed by atoms with Crippen molar-refractivity contribution < 1.29 is 17.6 Å². The molecule has 0 saturated heterocycles. The van der Waals surface area contributed by atoms with Crippen molar-refractivity contribution in [3.63, 3.8) is 0 Å². The van der Waals surface area contributed by atoms with E-state index in [4.69, 9.17) is 11.6 Å². The van der Waals surface area contributed by atoms with Crippen LogP contribution in [0.2, 0.25) is 5.28 Å². The summed E-state index contributed by atoms with van der Waals surface area (Å²) >= 11 is 6.39. The number of benzene rings is 1. The summed E-state index contributed by atoms with van der Waals surface area (Å²) < 4.78 is 50.3. The molecular weight excluding hydrogens is 304 g/mol. The molecule has 19 heavy (non-hydrogen) atoms. The highest BCUT2D eigenvalue weighted by atomic mass is 35.5. The van der Waals surface area contributed by atoms with Gasteiger partial charge >= 0.3 is 6.18 Å². The molecule has 0 atom stereocenters. The van der Waals surface area contributed by atoms with Gasteiger partial charge in [0.05, 0.1) is 0 Å². The normalized spacial score (nSPS) is 11.6. The van der Waals surface area contributed by atoms with Crippen molar-refractivity contribution in [1.82, 2.24) is 9.97 Å². The molecule has 100 valence electrons. The van der Waals surface area contributed by atoms with Crippen LogP contribution in [-0.2, 0) is 6.18 Å². The number of hydrogen-bond donors (Lipinski definition) is 0. The molecule has 2 aromatic rings.